The van der Waals surface area contributed by atoms with Gasteiger partial charge in [-0.15, -0.1) is 0 Å². The number of likely N-dealkylation sites (tertiary alicyclic amines) is 1. The van der Waals surface area contributed by atoms with Gasteiger partial charge in [0.05, 0.1) is 6.54 Å². The van der Waals surface area contributed by atoms with E-state index >= 15 is 0 Å². The molecule has 1 atom stereocenters. The Morgan fingerprint density at radius 3 is 3.00 bits per heavy atom. The number of hydrogen-bond acceptors (Lipinski definition) is 3. The minimum absolute atomic E-state index is 0.0904. The third-order valence-corrected chi connectivity index (χ3v) is 2.35. The van der Waals surface area contributed by atoms with Crippen LogP contribution in [0, 0.1) is 5.92 Å². The van der Waals surface area contributed by atoms with Crippen molar-refractivity contribution in [1.82, 2.24) is 10.2 Å². The zero-order chi connectivity index (χ0) is 8.97. The van der Waals surface area contributed by atoms with E-state index in [0.29, 0.717) is 12.5 Å². The highest BCUT2D eigenvalue weighted by atomic mass is 16.1. The third kappa shape index (κ3) is 2.46. The Balaban J connectivity index is 2.23. The maximum atomic E-state index is 11.0. The molecule has 1 heterocycles. The lowest BCUT2D eigenvalue weighted by molar-refractivity contribution is -0.121. The Morgan fingerprint density at radius 2 is 2.50 bits per heavy atom. The molecule has 12 heavy (non-hydrogen) atoms. The van der Waals surface area contributed by atoms with E-state index in [0.717, 1.165) is 26.1 Å². The van der Waals surface area contributed by atoms with Crippen LogP contribution in [0.1, 0.15) is 6.42 Å². The van der Waals surface area contributed by atoms with Crippen molar-refractivity contribution in [3.63, 3.8) is 0 Å². The van der Waals surface area contributed by atoms with Crippen molar-refractivity contribution in [1.29, 1.82) is 0 Å². The average Bonchev–Trinajstić information content (AvgIpc) is 2.52. The summed E-state index contributed by atoms with van der Waals surface area (Å²) in [7, 11) is 1.67. The summed E-state index contributed by atoms with van der Waals surface area (Å²) in [4.78, 5) is 13.1. The van der Waals surface area contributed by atoms with E-state index in [1.165, 1.54) is 0 Å². The van der Waals surface area contributed by atoms with Crippen LogP contribution in [0.2, 0.25) is 0 Å². The molecule has 1 fully saturated rings. The van der Waals surface area contributed by atoms with Crippen LogP contribution in [-0.2, 0) is 4.79 Å². The number of nitrogens with zero attached hydrogens (tertiary/aromatic N) is 1. The third-order valence-electron chi connectivity index (χ3n) is 2.35. The topological polar surface area (TPSA) is 58.4 Å². The molecular weight excluding hydrogens is 154 g/mol. The van der Waals surface area contributed by atoms with E-state index in [1.54, 1.807) is 7.05 Å². The Hall–Kier alpha value is -0.610. The van der Waals surface area contributed by atoms with E-state index < -0.39 is 0 Å². The van der Waals surface area contributed by atoms with Crippen LogP contribution in [0.3, 0.4) is 0 Å². The number of hydrogen-bond donors (Lipinski definition) is 2. The fourth-order valence-electron chi connectivity index (χ4n) is 1.53. The highest BCUT2D eigenvalue weighted by Crippen LogP contribution is 2.13. The molecule has 1 aliphatic heterocycles. The SMILES string of the molecule is CNC(=O)CN1CCC(CN)C1. The van der Waals surface area contributed by atoms with Gasteiger partial charge >= 0.3 is 0 Å². The summed E-state index contributed by atoms with van der Waals surface area (Å²) in [5.41, 5.74) is 5.53. The van der Waals surface area contributed by atoms with Crippen molar-refractivity contribution >= 4 is 5.91 Å². The van der Waals surface area contributed by atoms with Crippen LogP contribution >= 0.6 is 0 Å². The number of carbonyl (C=O) groups excluding carboxylic acids is 1. The molecule has 70 valence electrons. The Kier molecular flexibility index (Phi) is 3.49. The highest BCUT2D eigenvalue weighted by Gasteiger charge is 2.22. The Morgan fingerprint density at radius 1 is 1.75 bits per heavy atom. The largest absolute Gasteiger partial charge is 0.358 e. The summed E-state index contributed by atoms with van der Waals surface area (Å²) >= 11 is 0. The van der Waals surface area contributed by atoms with Crippen LogP contribution in [0.4, 0.5) is 0 Å². The van der Waals surface area contributed by atoms with E-state index in [-0.39, 0.29) is 5.91 Å². The standard InChI is InChI=1S/C8H17N3O/c1-10-8(12)6-11-3-2-7(4-9)5-11/h7H,2-6,9H2,1H3,(H,10,12). The molecule has 3 N–H and O–H groups in total. The van der Waals surface area contributed by atoms with Crippen LogP contribution in [-0.4, -0.2) is 44.0 Å². The summed E-state index contributed by atoms with van der Waals surface area (Å²) in [6, 6.07) is 0. The molecule has 0 aromatic carbocycles. The molecule has 0 spiro atoms. The van der Waals surface area contributed by atoms with E-state index in [2.05, 4.69) is 10.2 Å². The predicted octanol–water partition coefficient (Wildman–Crippen LogP) is -0.987. The lowest BCUT2D eigenvalue weighted by atomic mass is 10.1. The quantitative estimate of drug-likeness (QED) is 0.573. The molecule has 1 amide bonds. The summed E-state index contributed by atoms with van der Waals surface area (Å²) in [5, 5.41) is 2.61. The number of rotatable bonds is 3. The van der Waals surface area contributed by atoms with Gasteiger partial charge in [0.25, 0.3) is 0 Å². The summed E-state index contributed by atoms with van der Waals surface area (Å²) < 4.78 is 0. The second-order valence-electron chi connectivity index (χ2n) is 3.30. The molecule has 1 rings (SSSR count). The van der Waals surface area contributed by atoms with Crippen LogP contribution in [0.5, 0.6) is 0 Å². The van der Waals surface area contributed by atoms with Gasteiger partial charge < -0.3 is 11.1 Å². The van der Waals surface area contributed by atoms with Crippen molar-refractivity contribution in [3.8, 4) is 0 Å². The molecule has 1 unspecified atom stereocenters. The fraction of sp³-hybridized carbons (Fsp3) is 0.875. The van der Waals surface area contributed by atoms with E-state index in [4.69, 9.17) is 5.73 Å². The molecule has 1 saturated heterocycles. The van der Waals surface area contributed by atoms with Gasteiger partial charge in [0.2, 0.25) is 5.91 Å². The number of amides is 1. The van der Waals surface area contributed by atoms with Crippen molar-refractivity contribution in [3.05, 3.63) is 0 Å². The summed E-state index contributed by atoms with van der Waals surface area (Å²) in [5.74, 6) is 0.683. The van der Waals surface area contributed by atoms with Crippen molar-refractivity contribution in [2.45, 2.75) is 6.42 Å². The Labute approximate surface area is 73.1 Å². The maximum Gasteiger partial charge on any atom is 0.233 e. The first-order valence-corrected chi connectivity index (χ1v) is 4.39. The van der Waals surface area contributed by atoms with Crippen LogP contribution in [0.15, 0.2) is 0 Å². The maximum absolute atomic E-state index is 11.0. The van der Waals surface area contributed by atoms with Gasteiger partial charge in [-0.25, -0.2) is 0 Å². The van der Waals surface area contributed by atoms with Crippen LogP contribution < -0.4 is 11.1 Å². The lowest BCUT2D eigenvalue weighted by Crippen LogP contribution is -2.34. The molecule has 4 heteroatoms. The van der Waals surface area contributed by atoms with E-state index in [9.17, 15) is 4.79 Å². The molecule has 4 nitrogen and oxygen atoms in total. The molecular formula is C8H17N3O. The van der Waals surface area contributed by atoms with Crippen molar-refractivity contribution < 1.29 is 4.79 Å². The summed E-state index contributed by atoms with van der Waals surface area (Å²) in [6.45, 7) is 3.25. The second kappa shape index (κ2) is 4.42. The number of nitrogens with one attached hydrogen (secondary N) is 1. The molecule has 0 aromatic heterocycles. The molecule has 0 aliphatic carbocycles. The van der Waals surface area contributed by atoms with Crippen LogP contribution in [0.25, 0.3) is 0 Å². The molecule has 0 saturated carbocycles. The fourth-order valence-corrected chi connectivity index (χ4v) is 1.53. The second-order valence-corrected chi connectivity index (χ2v) is 3.30. The number of carbonyl (C=O) groups is 1. The molecule has 1 aliphatic rings. The van der Waals surface area contributed by atoms with E-state index in [1.807, 2.05) is 0 Å². The first-order valence-electron chi connectivity index (χ1n) is 4.39. The zero-order valence-electron chi connectivity index (χ0n) is 7.55. The van der Waals surface area contributed by atoms with Gasteiger partial charge in [-0.3, -0.25) is 9.69 Å². The normalized spacial score (nSPS) is 24.3. The molecule has 0 radical (unpaired) electrons. The van der Waals surface area contributed by atoms with Gasteiger partial charge in [0.1, 0.15) is 0 Å². The monoisotopic (exact) mass is 171 g/mol. The molecule has 0 bridgehead atoms. The smallest absolute Gasteiger partial charge is 0.233 e. The van der Waals surface area contributed by atoms with Gasteiger partial charge in [-0.1, -0.05) is 0 Å². The lowest BCUT2D eigenvalue weighted by Gasteiger charge is -2.13. The average molecular weight is 171 g/mol. The van der Waals surface area contributed by atoms with Gasteiger partial charge in [0, 0.05) is 13.6 Å². The number of likely N-dealkylation sites (N-methyl/N-ethyl adjacent to an activating group) is 1. The minimum atomic E-state index is 0.0904. The highest BCUT2D eigenvalue weighted by molar-refractivity contribution is 5.77. The number of nitrogens with two attached hydrogens (primary N) is 1. The van der Waals surface area contributed by atoms with Crippen molar-refractivity contribution in [2.24, 2.45) is 11.7 Å². The molecule has 0 aromatic rings. The zero-order valence-corrected chi connectivity index (χ0v) is 7.55. The Bertz CT molecular complexity index is 160. The predicted molar refractivity (Wildman–Crippen MR) is 47.7 cm³/mol. The van der Waals surface area contributed by atoms with Crippen molar-refractivity contribution in [2.75, 3.05) is 33.2 Å². The van der Waals surface area contributed by atoms with Gasteiger partial charge in [-0.2, -0.15) is 0 Å². The van der Waals surface area contributed by atoms with Gasteiger partial charge in [-0.05, 0) is 25.4 Å². The minimum Gasteiger partial charge on any atom is -0.358 e. The van der Waals surface area contributed by atoms with Gasteiger partial charge in [0.15, 0.2) is 0 Å². The first-order chi connectivity index (χ1) is 5.76. The summed E-state index contributed by atoms with van der Waals surface area (Å²) in [6.07, 6.45) is 1.13. The first kappa shape index (κ1) is 9.48.